The zero-order valence-corrected chi connectivity index (χ0v) is 12.0. The number of amides is 1. The van der Waals surface area contributed by atoms with Gasteiger partial charge in [-0.15, -0.1) is 0 Å². The molecule has 104 valence electrons. The van der Waals surface area contributed by atoms with Gasteiger partial charge in [0, 0.05) is 22.2 Å². The molecule has 0 radical (unpaired) electrons. The Kier molecular flexibility index (Phi) is 4.99. The van der Waals surface area contributed by atoms with E-state index in [2.05, 4.69) is 5.32 Å². The molecule has 0 unspecified atom stereocenters. The van der Waals surface area contributed by atoms with Gasteiger partial charge in [-0.1, -0.05) is 41.4 Å². The van der Waals surface area contributed by atoms with E-state index in [1.54, 1.807) is 18.2 Å². The summed E-state index contributed by atoms with van der Waals surface area (Å²) in [6.45, 7) is 0.363. The molecule has 0 aliphatic rings. The van der Waals surface area contributed by atoms with Crippen LogP contribution in [0.5, 0.6) is 0 Å². The molecular formula is C15H12Cl2FNO. The first-order valence-corrected chi connectivity index (χ1v) is 6.76. The van der Waals surface area contributed by atoms with E-state index in [0.717, 1.165) is 5.56 Å². The number of halogens is 3. The summed E-state index contributed by atoms with van der Waals surface area (Å²) >= 11 is 11.6. The summed E-state index contributed by atoms with van der Waals surface area (Å²) in [6.07, 6.45) is -0.0842. The summed E-state index contributed by atoms with van der Waals surface area (Å²) in [5.41, 5.74) is 1.13. The average molecular weight is 312 g/mol. The minimum absolute atomic E-state index is 0.0842. The molecule has 0 aliphatic heterocycles. The summed E-state index contributed by atoms with van der Waals surface area (Å²) in [4.78, 5) is 11.8. The molecule has 0 fully saturated rings. The molecule has 0 aliphatic carbocycles. The topological polar surface area (TPSA) is 29.1 Å². The molecule has 2 aromatic carbocycles. The highest BCUT2D eigenvalue weighted by molar-refractivity contribution is 6.31. The smallest absolute Gasteiger partial charge is 0.224 e. The van der Waals surface area contributed by atoms with E-state index in [9.17, 15) is 9.18 Å². The van der Waals surface area contributed by atoms with Crippen LogP contribution in [0.25, 0.3) is 0 Å². The summed E-state index contributed by atoms with van der Waals surface area (Å²) in [5, 5.41) is 3.61. The quantitative estimate of drug-likeness (QED) is 0.908. The Bertz CT molecular complexity index is 594. The van der Waals surface area contributed by atoms with E-state index in [-0.39, 0.29) is 22.9 Å². The zero-order valence-electron chi connectivity index (χ0n) is 10.5. The predicted molar refractivity (Wildman–Crippen MR) is 78.4 cm³/mol. The highest BCUT2D eigenvalue weighted by atomic mass is 35.5. The van der Waals surface area contributed by atoms with Crippen molar-refractivity contribution in [1.29, 1.82) is 0 Å². The fourth-order valence-corrected chi connectivity index (χ4v) is 2.08. The van der Waals surface area contributed by atoms with Crippen LogP contribution >= 0.6 is 23.2 Å². The van der Waals surface area contributed by atoms with E-state index < -0.39 is 5.82 Å². The zero-order chi connectivity index (χ0) is 14.5. The molecule has 2 rings (SSSR count). The standard InChI is InChI=1S/C15H12Cl2FNO/c16-11-6-4-10(5-7-11)9-19-15(20)8-12-13(17)2-1-3-14(12)18/h1-7H,8-9H2,(H,19,20). The lowest BCUT2D eigenvalue weighted by Gasteiger charge is -2.07. The lowest BCUT2D eigenvalue weighted by Crippen LogP contribution is -2.25. The molecule has 0 bridgehead atoms. The van der Waals surface area contributed by atoms with Gasteiger partial charge in [0.05, 0.1) is 6.42 Å². The number of nitrogens with one attached hydrogen (secondary N) is 1. The second-order valence-electron chi connectivity index (χ2n) is 4.28. The number of benzene rings is 2. The Hall–Kier alpha value is -1.58. The van der Waals surface area contributed by atoms with E-state index in [0.29, 0.717) is 11.6 Å². The average Bonchev–Trinajstić information content (AvgIpc) is 2.42. The number of carbonyl (C=O) groups excluding carboxylic acids is 1. The van der Waals surface area contributed by atoms with Crippen molar-refractivity contribution in [2.45, 2.75) is 13.0 Å². The summed E-state index contributed by atoms with van der Waals surface area (Å²) < 4.78 is 13.5. The third kappa shape index (κ3) is 3.95. The molecule has 0 aromatic heterocycles. The van der Waals surface area contributed by atoms with Crippen molar-refractivity contribution in [3.8, 4) is 0 Å². The van der Waals surface area contributed by atoms with Crippen molar-refractivity contribution < 1.29 is 9.18 Å². The van der Waals surface area contributed by atoms with Crippen LogP contribution in [0.4, 0.5) is 4.39 Å². The molecule has 1 amide bonds. The predicted octanol–water partition coefficient (Wildman–Crippen LogP) is 3.99. The van der Waals surface area contributed by atoms with E-state index in [1.165, 1.54) is 12.1 Å². The van der Waals surface area contributed by atoms with E-state index in [1.807, 2.05) is 12.1 Å². The van der Waals surface area contributed by atoms with Crippen LogP contribution < -0.4 is 5.32 Å². The summed E-state index contributed by atoms with van der Waals surface area (Å²) in [7, 11) is 0. The third-order valence-corrected chi connectivity index (χ3v) is 3.41. The van der Waals surface area contributed by atoms with Crippen LogP contribution in [0.1, 0.15) is 11.1 Å². The largest absolute Gasteiger partial charge is 0.352 e. The van der Waals surface area contributed by atoms with Crippen LogP contribution in [-0.4, -0.2) is 5.91 Å². The van der Waals surface area contributed by atoms with Gasteiger partial charge in [0.1, 0.15) is 5.82 Å². The number of hydrogen-bond acceptors (Lipinski definition) is 1. The Labute approximate surface area is 126 Å². The number of hydrogen-bond donors (Lipinski definition) is 1. The van der Waals surface area contributed by atoms with Gasteiger partial charge in [-0.05, 0) is 29.8 Å². The molecule has 2 aromatic rings. The highest BCUT2D eigenvalue weighted by Gasteiger charge is 2.11. The van der Waals surface area contributed by atoms with Crippen molar-refractivity contribution in [2.24, 2.45) is 0 Å². The van der Waals surface area contributed by atoms with Crippen molar-refractivity contribution in [3.63, 3.8) is 0 Å². The van der Waals surface area contributed by atoms with Gasteiger partial charge >= 0.3 is 0 Å². The molecular weight excluding hydrogens is 300 g/mol. The van der Waals surface area contributed by atoms with Crippen LogP contribution in [-0.2, 0) is 17.8 Å². The molecule has 5 heteroatoms. The summed E-state index contributed by atoms with van der Waals surface area (Å²) in [5.74, 6) is -0.758. The number of rotatable bonds is 4. The van der Waals surface area contributed by atoms with Crippen LogP contribution in [0.3, 0.4) is 0 Å². The molecule has 0 spiro atoms. The maximum absolute atomic E-state index is 13.5. The van der Waals surface area contributed by atoms with Gasteiger partial charge in [0.2, 0.25) is 5.91 Å². The highest BCUT2D eigenvalue weighted by Crippen LogP contribution is 2.19. The minimum Gasteiger partial charge on any atom is -0.352 e. The first-order valence-electron chi connectivity index (χ1n) is 6.00. The fourth-order valence-electron chi connectivity index (χ4n) is 1.73. The van der Waals surface area contributed by atoms with Crippen molar-refractivity contribution >= 4 is 29.1 Å². The monoisotopic (exact) mass is 311 g/mol. The van der Waals surface area contributed by atoms with Crippen LogP contribution in [0, 0.1) is 5.82 Å². The maximum atomic E-state index is 13.5. The van der Waals surface area contributed by atoms with Crippen molar-refractivity contribution in [3.05, 3.63) is 69.5 Å². The molecule has 0 heterocycles. The van der Waals surface area contributed by atoms with Gasteiger partial charge < -0.3 is 5.32 Å². The Morgan fingerprint density at radius 1 is 1.10 bits per heavy atom. The Morgan fingerprint density at radius 2 is 1.80 bits per heavy atom. The van der Waals surface area contributed by atoms with Gasteiger partial charge in [-0.25, -0.2) is 4.39 Å². The second-order valence-corrected chi connectivity index (χ2v) is 5.12. The molecule has 0 saturated heterocycles. The first kappa shape index (κ1) is 14.8. The van der Waals surface area contributed by atoms with Gasteiger partial charge in [-0.3, -0.25) is 4.79 Å². The third-order valence-electron chi connectivity index (χ3n) is 2.80. The number of carbonyl (C=O) groups is 1. The first-order chi connectivity index (χ1) is 9.56. The Morgan fingerprint density at radius 3 is 2.45 bits per heavy atom. The minimum atomic E-state index is -0.473. The SMILES string of the molecule is O=C(Cc1c(F)cccc1Cl)NCc1ccc(Cl)cc1. The second kappa shape index (κ2) is 6.73. The maximum Gasteiger partial charge on any atom is 0.224 e. The normalized spacial score (nSPS) is 10.3. The molecule has 0 atom stereocenters. The van der Waals surface area contributed by atoms with Gasteiger partial charge in [-0.2, -0.15) is 0 Å². The fraction of sp³-hybridized carbons (Fsp3) is 0.133. The summed E-state index contributed by atoms with van der Waals surface area (Å²) in [6, 6.07) is 11.5. The van der Waals surface area contributed by atoms with E-state index >= 15 is 0 Å². The van der Waals surface area contributed by atoms with E-state index in [4.69, 9.17) is 23.2 Å². The molecule has 2 nitrogen and oxygen atoms in total. The lowest BCUT2D eigenvalue weighted by atomic mass is 10.1. The Balaban J connectivity index is 1.94. The van der Waals surface area contributed by atoms with Gasteiger partial charge in [0.25, 0.3) is 0 Å². The van der Waals surface area contributed by atoms with Crippen LogP contribution in [0.15, 0.2) is 42.5 Å². The molecule has 20 heavy (non-hydrogen) atoms. The van der Waals surface area contributed by atoms with Crippen molar-refractivity contribution in [2.75, 3.05) is 0 Å². The van der Waals surface area contributed by atoms with Crippen molar-refractivity contribution in [1.82, 2.24) is 5.32 Å². The van der Waals surface area contributed by atoms with Gasteiger partial charge in [0.15, 0.2) is 0 Å². The molecule has 1 N–H and O–H groups in total. The molecule has 0 saturated carbocycles. The van der Waals surface area contributed by atoms with Crippen LogP contribution in [0.2, 0.25) is 10.0 Å². The lowest BCUT2D eigenvalue weighted by molar-refractivity contribution is -0.120.